The fourth-order valence-corrected chi connectivity index (χ4v) is 4.78. The molecule has 1 aliphatic heterocycles. The molecule has 2 atom stereocenters. The molecule has 0 saturated carbocycles. The van der Waals surface area contributed by atoms with Crippen LogP contribution in [0.2, 0.25) is 4.82 Å². The van der Waals surface area contributed by atoms with E-state index in [1.165, 1.54) is 17.3 Å². The van der Waals surface area contributed by atoms with E-state index in [1.54, 1.807) is 0 Å². The van der Waals surface area contributed by atoms with E-state index in [4.69, 9.17) is 9.47 Å². The molecule has 0 aromatic heterocycles. The number of hydrogen-bond donors (Lipinski definition) is 0. The van der Waals surface area contributed by atoms with Gasteiger partial charge in [-0.15, -0.1) is 0 Å². The quantitative estimate of drug-likeness (QED) is 0.311. The Labute approximate surface area is 158 Å². The molecule has 1 fully saturated rings. The number of rotatable bonds is 11. The molecule has 2 unspecified atom stereocenters. The molecule has 1 heterocycles. The zero-order valence-corrected chi connectivity index (χ0v) is 16.7. The normalized spacial score (nSPS) is 18.9. The Hall–Kier alpha value is -1.11. The first-order valence-corrected chi connectivity index (χ1v) is 11.2. The number of nitrogens with zero attached hydrogens (tertiary/aromatic N) is 1. The molecule has 25 heavy (non-hydrogen) atoms. The van der Waals surface area contributed by atoms with Crippen LogP contribution in [-0.4, -0.2) is 34.5 Å². The first-order chi connectivity index (χ1) is 12.4. The summed E-state index contributed by atoms with van der Waals surface area (Å²) in [5, 5.41) is 9.32. The average molecular weight is 406 g/mol. The topological polar surface area (TPSA) is 42.2 Å². The van der Waals surface area contributed by atoms with Crippen molar-refractivity contribution >= 4 is 19.4 Å². The summed E-state index contributed by atoms with van der Waals surface area (Å²) in [6, 6.07) is 12.9. The fourth-order valence-electron chi connectivity index (χ4n) is 2.73. The number of unbranched alkanes of at least 4 members (excludes halogenated alkanes) is 2. The van der Waals surface area contributed by atoms with Gasteiger partial charge in [0, 0.05) is 6.61 Å². The molecule has 0 N–H and O–H groups in total. The molecular weight excluding hydrogens is 377 g/mol. The van der Waals surface area contributed by atoms with Crippen molar-refractivity contribution < 1.29 is 9.47 Å². The van der Waals surface area contributed by atoms with Crippen LogP contribution in [0.4, 0.5) is 0 Å². The summed E-state index contributed by atoms with van der Waals surface area (Å²) in [6.45, 7) is 1.63. The molecule has 136 valence electrons. The van der Waals surface area contributed by atoms with Crippen molar-refractivity contribution in [1.82, 2.24) is 0 Å². The van der Waals surface area contributed by atoms with Gasteiger partial charge in [0.25, 0.3) is 0 Å². The summed E-state index contributed by atoms with van der Waals surface area (Å²) >= 11 is 0.262. The second kappa shape index (κ2) is 13.1. The van der Waals surface area contributed by atoms with E-state index in [2.05, 4.69) is 42.5 Å². The predicted octanol–water partition coefficient (Wildman–Crippen LogP) is 4.38. The summed E-state index contributed by atoms with van der Waals surface area (Å²) in [5.41, 5.74) is 0. The van der Waals surface area contributed by atoms with Gasteiger partial charge in [0.2, 0.25) is 0 Å². The average Bonchev–Trinajstić information content (AvgIpc) is 2.67. The van der Waals surface area contributed by atoms with Gasteiger partial charge in [-0.05, 0) is 12.8 Å². The molecule has 1 aliphatic rings. The molecule has 1 aromatic rings. The Bertz CT molecular complexity index is 520. The fraction of sp³-hybridized carbons (Fsp3) is 0.571. The number of ether oxygens (including phenoxy) is 2. The summed E-state index contributed by atoms with van der Waals surface area (Å²) in [7, 11) is 0. The molecule has 0 aliphatic carbocycles. The Kier molecular flexibility index (Phi) is 10.6. The Morgan fingerprint density at radius 2 is 2.00 bits per heavy atom. The second-order valence-electron chi connectivity index (χ2n) is 6.26. The van der Waals surface area contributed by atoms with Crippen molar-refractivity contribution in [1.29, 1.82) is 5.26 Å². The first kappa shape index (κ1) is 20.2. The summed E-state index contributed by atoms with van der Waals surface area (Å²) in [6.07, 6.45) is 13.2. The first-order valence-electron chi connectivity index (χ1n) is 9.38. The molecule has 3 nitrogen and oxygen atoms in total. The van der Waals surface area contributed by atoms with Crippen LogP contribution in [0, 0.1) is 11.3 Å². The van der Waals surface area contributed by atoms with E-state index in [0.717, 1.165) is 51.7 Å². The zero-order chi connectivity index (χ0) is 17.6. The van der Waals surface area contributed by atoms with Gasteiger partial charge in [-0.1, -0.05) is 0 Å². The maximum absolute atomic E-state index is 9.32. The third-order valence-corrected chi connectivity index (χ3v) is 6.58. The van der Waals surface area contributed by atoms with Crippen LogP contribution in [0.1, 0.15) is 51.4 Å². The summed E-state index contributed by atoms with van der Waals surface area (Å²) in [5.74, 6) is 0. The van der Waals surface area contributed by atoms with E-state index < -0.39 is 0 Å². The van der Waals surface area contributed by atoms with E-state index in [9.17, 15) is 5.26 Å². The molecular formula is C21H29NO2Se. The van der Waals surface area contributed by atoms with Crippen LogP contribution in [-0.2, 0) is 9.47 Å². The molecule has 0 amide bonds. The number of allylic oxidation sites excluding steroid dienone is 2. The molecule has 0 radical (unpaired) electrons. The monoisotopic (exact) mass is 407 g/mol. The van der Waals surface area contributed by atoms with Crippen molar-refractivity contribution in [3.05, 3.63) is 42.5 Å². The van der Waals surface area contributed by atoms with E-state index in [-0.39, 0.29) is 26.1 Å². The Morgan fingerprint density at radius 1 is 1.20 bits per heavy atom. The van der Waals surface area contributed by atoms with Crippen LogP contribution in [0.15, 0.2) is 42.5 Å². The van der Waals surface area contributed by atoms with Crippen molar-refractivity contribution in [3.63, 3.8) is 0 Å². The van der Waals surface area contributed by atoms with Gasteiger partial charge < -0.3 is 0 Å². The van der Waals surface area contributed by atoms with Gasteiger partial charge >= 0.3 is 139 Å². The van der Waals surface area contributed by atoms with Crippen molar-refractivity contribution in [2.45, 2.75) is 62.5 Å². The van der Waals surface area contributed by atoms with Gasteiger partial charge in [0.15, 0.2) is 0 Å². The van der Waals surface area contributed by atoms with Crippen LogP contribution >= 0.6 is 0 Å². The summed E-state index contributed by atoms with van der Waals surface area (Å²) in [4.78, 5) is 0.187. The van der Waals surface area contributed by atoms with E-state index >= 15 is 0 Å². The number of hydrogen-bond acceptors (Lipinski definition) is 3. The van der Waals surface area contributed by atoms with Gasteiger partial charge in [0.1, 0.15) is 0 Å². The second-order valence-corrected chi connectivity index (χ2v) is 8.94. The number of nitriles is 1. The van der Waals surface area contributed by atoms with Gasteiger partial charge in [-0.25, -0.2) is 0 Å². The predicted molar refractivity (Wildman–Crippen MR) is 103 cm³/mol. The molecule has 1 aromatic carbocycles. The number of benzene rings is 1. The minimum absolute atomic E-state index is 0.0344. The van der Waals surface area contributed by atoms with Gasteiger partial charge in [-0.2, -0.15) is 0 Å². The standard InChI is InChI=1S/C21H29NO2Se/c22-18-20(25-19-12-7-5-8-13-19)14-6-3-1-2-4-10-16-23-21-15-9-11-17-24-21/h1-2,5,7-8,12-13,20-21H,3-4,6,9-11,14-17H2/b2-1+. The molecule has 4 heteroatoms. The Balaban J connectivity index is 1.47. The molecule has 0 bridgehead atoms. The third-order valence-electron chi connectivity index (χ3n) is 4.13. The van der Waals surface area contributed by atoms with Gasteiger partial charge in [-0.3, -0.25) is 0 Å². The maximum atomic E-state index is 9.32. The van der Waals surface area contributed by atoms with Crippen LogP contribution < -0.4 is 4.46 Å². The van der Waals surface area contributed by atoms with Crippen molar-refractivity contribution in [2.24, 2.45) is 0 Å². The van der Waals surface area contributed by atoms with Crippen molar-refractivity contribution in [3.8, 4) is 6.07 Å². The molecule has 1 saturated heterocycles. The van der Waals surface area contributed by atoms with E-state index in [0.29, 0.717) is 0 Å². The minimum atomic E-state index is 0.0344. The summed E-state index contributed by atoms with van der Waals surface area (Å²) < 4.78 is 12.6. The zero-order valence-electron chi connectivity index (χ0n) is 14.9. The van der Waals surface area contributed by atoms with Crippen molar-refractivity contribution in [2.75, 3.05) is 13.2 Å². The Morgan fingerprint density at radius 3 is 2.72 bits per heavy atom. The molecule has 0 spiro atoms. The SMILES string of the molecule is N#CC(CCC/C=C/CCCOC1CCCCO1)[Se]c1ccccc1. The van der Waals surface area contributed by atoms with Gasteiger partial charge in [0.05, 0.1) is 0 Å². The molecule has 2 rings (SSSR count). The van der Waals surface area contributed by atoms with E-state index in [1.807, 2.05) is 6.07 Å². The third kappa shape index (κ3) is 9.23. The van der Waals surface area contributed by atoms with Crippen LogP contribution in [0.5, 0.6) is 0 Å². The van der Waals surface area contributed by atoms with Crippen LogP contribution in [0.25, 0.3) is 0 Å². The van der Waals surface area contributed by atoms with Crippen LogP contribution in [0.3, 0.4) is 0 Å².